The molecule has 0 amide bonds. The highest BCUT2D eigenvalue weighted by Gasteiger charge is 2.04. The lowest BCUT2D eigenvalue weighted by Gasteiger charge is -1.95. The van der Waals surface area contributed by atoms with E-state index in [-0.39, 0.29) is 11.1 Å². The maximum Gasteiger partial charge on any atom is 0.384 e. The summed E-state index contributed by atoms with van der Waals surface area (Å²) in [5.41, 5.74) is -0.105. The molecule has 0 saturated heterocycles. The van der Waals surface area contributed by atoms with Gasteiger partial charge in [-0.15, -0.1) is 0 Å². The molecule has 0 radical (unpaired) electrons. The highest BCUT2D eigenvalue weighted by Crippen LogP contribution is 2.10. The minimum atomic E-state index is -0.753. The van der Waals surface area contributed by atoms with Gasteiger partial charge in [0.2, 0.25) is 0 Å². The molecule has 0 atom stereocenters. The Morgan fingerprint density at radius 1 is 1.47 bits per heavy atom. The molecule has 1 aromatic rings. The van der Waals surface area contributed by atoms with Gasteiger partial charge < -0.3 is 4.74 Å². The Hall–Kier alpha value is -2.33. The number of halogens is 1. The van der Waals surface area contributed by atoms with Gasteiger partial charge in [-0.3, -0.25) is 0 Å². The predicted molar refractivity (Wildman–Crippen MR) is 50.0 cm³/mol. The lowest BCUT2D eigenvalue weighted by Crippen LogP contribution is -1.95. The summed E-state index contributed by atoms with van der Waals surface area (Å²) in [6, 6.07) is 5.88. The SMILES string of the molecule is COC(=O)C#Cc1cccc(C#N)c1F. The number of rotatable bonds is 0. The second-order valence-corrected chi connectivity index (χ2v) is 2.52. The quantitative estimate of drug-likeness (QED) is 0.470. The number of nitriles is 1. The van der Waals surface area contributed by atoms with Gasteiger partial charge in [-0.1, -0.05) is 12.0 Å². The van der Waals surface area contributed by atoms with E-state index in [9.17, 15) is 9.18 Å². The van der Waals surface area contributed by atoms with Crippen LogP contribution in [0.2, 0.25) is 0 Å². The maximum atomic E-state index is 13.4. The van der Waals surface area contributed by atoms with Crippen molar-refractivity contribution in [2.75, 3.05) is 7.11 Å². The zero-order valence-electron chi connectivity index (χ0n) is 7.87. The average molecular weight is 203 g/mol. The van der Waals surface area contributed by atoms with Crippen LogP contribution in [-0.2, 0) is 9.53 Å². The Morgan fingerprint density at radius 3 is 2.73 bits per heavy atom. The number of esters is 1. The molecule has 4 heteroatoms. The van der Waals surface area contributed by atoms with Crippen LogP contribution in [0.15, 0.2) is 18.2 Å². The van der Waals surface area contributed by atoms with Crippen molar-refractivity contribution >= 4 is 5.97 Å². The van der Waals surface area contributed by atoms with Crippen LogP contribution in [0, 0.1) is 29.0 Å². The first-order chi connectivity index (χ1) is 7.19. The molecule has 0 spiro atoms. The molecule has 0 aromatic heterocycles. The van der Waals surface area contributed by atoms with Gasteiger partial charge >= 0.3 is 5.97 Å². The van der Waals surface area contributed by atoms with E-state index in [1.807, 2.05) is 0 Å². The Bertz CT molecular complexity index is 492. The minimum absolute atomic E-state index is 0.000509. The topological polar surface area (TPSA) is 50.1 Å². The molecule has 0 saturated carbocycles. The van der Waals surface area contributed by atoms with Crippen molar-refractivity contribution in [3.05, 3.63) is 35.1 Å². The lowest BCUT2D eigenvalue weighted by molar-refractivity contribution is -0.133. The Labute approximate surface area is 86.1 Å². The summed E-state index contributed by atoms with van der Waals surface area (Å²) >= 11 is 0. The molecule has 0 unspecified atom stereocenters. The number of nitrogens with zero attached hydrogens (tertiary/aromatic N) is 1. The zero-order chi connectivity index (χ0) is 11.3. The summed E-state index contributed by atoms with van der Waals surface area (Å²) in [6.07, 6.45) is 0. The van der Waals surface area contributed by atoms with Gasteiger partial charge in [0.15, 0.2) is 5.82 Å². The minimum Gasteiger partial charge on any atom is -0.459 e. The first-order valence-electron chi connectivity index (χ1n) is 3.97. The summed E-state index contributed by atoms with van der Waals surface area (Å²) in [5.74, 6) is 2.89. The van der Waals surface area contributed by atoms with Crippen LogP contribution in [0.25, 0.3) is 0 Å². The molecule has 0 N–H and O–H groups in total. The van der Waals surface area contributed by atoms with Gasteiger partial charge in [-0.25, -0.2) is 9.18 Å². The van der Waals surface area contributed by atoms with Crippen molar-refractivity contribution in [1.29, 1.82) is 5.26 Å². The largest absolute Gasteiger partial charge is 0.459 e. The average Bonchev–Trinajstić information content (AvgIpc) is 2.27. The number of carbonyl (C=O) groups excluding carboxylic acids is 1. The van der Waals surface area contributed by atoms with Crippen LogP contribution in [0.1, 0.15) is 11.1 Å². The van der Waals surface area contributed by atoms with Crippen molar-refractivity contribution in [3.63, 3.8) is 0 Å². The Balaban J connectivity index is 3.11. The molecular formula is C11H6FNO2. The predicted octanol–water partition coefficient (Wildman–Crippen LogP) is 1.22. The smallest absolute Gasteiger partial charge is 0.384 e. The van der Waals surface area contributed by atoms with Gasteiger partial charge in [0.25, 0.3) is 0 Å². The van der Waals surface area contributed by atoms with Crippen LogP contribution >= 0.6 is 0 Å². The summed E-state index contributed by atoms with van der Waals surface area (Å²) in [5, 5.41) is 8.54. The van der Waals surface area contributed by atoms with Crippen molar-refractivity contribution in [2.24, 2.45) is 0 Å². The van der Waals surface area contributed by atoms with E-state index in [0.29, 0.717) is 0 Å². The number of methoxy groups -OCH3 is 1. The van der Waals surface area contributed by atoms with E-state index >= 15 is 0 Å². The fourth-order valence-electron chi connectivity index (χ4n) is 0.884. The third-order valence-corrected chi connectivity index (χ3v) is 1.60. The standard InChI is InChI=1S/C11H6FNO2/c1-15-10(14)6-5-8-3-2-4-9(7-13)11(8)12/h2-4H,1H3. The van der Waals surface area contributed by atoms with E-state index < -0.39 is 11.8 Å². The van der Waals surface area contributed by atoms with Crippen LogP contribution in [0.5, 0.6) is 0 Å². The summed E-state index contributed by atoms with van der Waals surface area (Å²) in [6.45, 7) is 0. The van der Waals surface area contributed by atoms with E-state index in [0.717, 1.165) is 0 Å². The van der Waals surface area contributed by atoms with Crippen molar-refractivity contribution < 1.29 is 13.9 Å². The molecule has 0 bridgehead atoms. The fourth-order valence-corrected chi connectivity index (χ4v) is 0.884. The first kappa shape index (κ1) is 10.7. The van der Waals surface area contributed by atoms with E-state index in [1.54, 1.807) is 6.07 Å². The third kappa shape index (κ3) is 2.55. The van der Waals surface area contributed by atoms with Gasteiger partial charge in [0, 0.05) is 5.92 Å². The lowest BCUT2D eigenvalue weighted by atomic mass is 10.1. The van der Waals surface area contributed by atoms with Crippen LogP contribution in [0.3, 0.4) is 0 Å². The molecule has 0 aliphatic rings. The normalized spacial score (nSPS) is 8.33. The fraction of sp³-hybridized carbons (Fsp3) is 0.0909. The third-order valence-electron chi connectivity index (χ3n) is 1.60. The number of carbonyl (C=O) groups is 1. The zero-order valence-corrected chi connectivity index (χ0v) is 7.87. The number of hydrogen-bond donors (Lipinski definition) is 0. The van der Waals surface area contributed by atoms with Crippen LogP contribution in [0.4, 0.5) is 4.39 Å². The molecular weight excluding hydrogens is 197 g/mol. The molecule has 0 heterocycles. The summed E-state index contributed by atoms with van der Waals surface area (Å²) in [7, 11) is 1.18. The molecule has 3 nitrogen and oxygen atoms in total. The number of benzene rings is 1. The molecule has 1 rings (SSSR count). The van der Waals surface area contributed by atoms with E-state index in [1.165, 1.54) is 25.3 Å². The molecule has 74 valence electrons. The Kier molecular flexibility index (Phi) is 3.43. The highest BCUT2D eigenvalue weighted by atomic mass is 19.1. The summed E-state index contributed by atoms with van der Waals surface area (Å²) in [4.78, 5) is 10.7. The van der Waals surface area contributed by atoms with Gasteiger partial charge in [-0.2, -0.15) is 5.26 Å². The van der Waals surface area contributed by atoms with Crippen molar-refractivity contribution in [2.45, 2.75) is 0 Å². The molecule has 0 aliphatic heterocycles. The summed E-state index contributed by atoms with van der Waals surface area (Å²) < 4.78 is 17.6. The monoisotopic (exact) mass is 203 g/mol. The second kappa shape index (κ2) is 4.78. The number of hydrogen-bond acceptors (Lipinski definition) is 3. The molecule has 15 heavy (non-hydrogen) atoms. The number of ether oxygens (including phenoxy) is 1. The van der Waals surface area contributed by atoms with Crippen LogP contribution < -0.4 is 0 Å². The van der Waals surface area contributed by atoms with E-state index in [4.69, 9.17) is 5.26 Å². The van der Waals surface area contributed by atoms with Gasteiger partial charge in [0.1, 0.15) is 6.07 Å². The van der Waals surface area contributed by atoms with Crippen LogP contribution in [-0.4, -0.2) is 13.1 Å². The Morgan fingerprint density at radius 2 is 2.13 bits per heavy atom. The van der Waals surface area contributed by atoms with Crippen molar-refractivity contribution in [1.82, 2.24) is 0 Å². The second-order valence-electron chi connectivity index (χ2n) is 2.52. The maximum absolute atomic E-state index is 13.4. The van der Waals surface area contributed by atoms with Gasteiger partial charge in [0.05, 0.1) is 18.2 Å². The van der Waals surface area contributed by atoms with E-state index in [2.05, 4.69) is 16.6 Å². The molecule has 0 aliphatic carbocycles. The van der Waals surface area contributed by atoms with Crippen molar-refractivity contribution in [3.8, 4) is 17.9 Å². The molecule has 0 fully saturated rings. The first-order valence-corrected chi connectivity index (χ1v) is 3.97. The van der Waals surface area contributed by atoms with Gasteiger partial charge in [-0.05, 0) is 12.1 Å². The highest BCUT2D eigenvalue weighted by molar-refractivity contribution is 5.89. The molecule has 1 aromatic carbocycles.